The lowest BCUT2D eigenvalue weighted by Gasteiger charge is -2.04. The number of hydrogen-bond donors (Lipinski definition) is 0. The SMILES string of the molecule is Cn1ncc(SCc2ccccc2)c(Br)c1=O. The predicted octanol–water partition coefficient (Wildman–Crippen LogP) is 2.84. The Morgan fingerprint density at radius 2 is 2.06 bits per heavy atom. The molecule has 1 aromatic heterocycles. The Kier molecular flexibility index (Phi) is 4.02. The van der Waals surface area contributed by atoms with Crippen molar-refractivity contribution in [2.45, 2.75) is 10.6 Å². The minimum absolute atomic E-state index is 0.108. The second-order valence-electron chi connectivity index (χ2n) is 3.53. The minimum atomic E-state index is -0.108. The molecule has 88 valence electrons. The van der Waals surface area contributed by atoms with Gasteiger partial charge in [0, 0.05) is 17.7 Å². The van der Waals surface area contributed by atoms with E-state index in [9.17, 15) is 4.79 Å². The largest absolute Gasteiger partial charge is 0.281 e. The predicted molar refractivity (Wildman–Crippen MR) is 73.2 cm³/mol. The number of hydrogen-bond acceptors (Lipinski definition) is 3. The van der Waals surface area contributed by atoms with Crippen molar-refractivity contribution in [3.05, 3.63) is 56.9 Å². The van der Waals surface area contributed by atoms with Crippen LogP contribution in [0.2, 0.25) is 0 Å². The molecular formula is C12H11BrN2OS. The van der Waals surface area contributed by atoms with Crippen molar-refractivity contribution in [2.24, 2.45) is 7.05 Å². The molecule has 0 saturated carbocycles. The third-order valence-corrected chi connectivity index (χ3v) is 4.41. The molecule has 0 N–H and O–H groups in total. The maximum Gasteiger partial charge on any atom is 0.281 e. The number of benzene rings is 1. The molecule has 2 aromatic rings. The van der Waals surface area contributed by atoms with Crippen LogP contribution in [-0.2, 0) is 12.8 Å². The van der Waals surface area contributed by atoms with E-state index >= 15 is 0 Å². The van der Waals surface area contributed by atoms with Crippen molar-refractivity contribution in [1.82, 2.24) is 9.78 Å². The quantitative estimate of drug-likeness (QED) is 0.818. The molecule has 0 radical (unpaired) electrons. The summed E-state index contributed by atoms with van der Waals surface area (Å²) < 4.78 is 1.90. The van der Waals surface area contributed by atoms with Gasteiger partial charge in [0.05, 0.1) is 10.7 Å². The number of thioether (sulfide) groups is 1. The van der Waals surface area contributed by atoms with Gasteiger partial charge >= 0.3 is 0 Å². The fourth-order valence-electron chi connectivity index (χ4n) is 1.33. The van der Waals surface area contributed by atoms with Gasteiger partial charge in [0.2, 0.25) is 0 Å². The highest BCUT2D eigenvalue weighted by Gasteiger charge is 2.07. The van der Waals surface area contributed by atoms with E-state index in [-0.39, 0.29) is 5.56 Å². The Hall–Kier alpha value is -1.07. The van der Waals surface area contributed by atoms with Gasteiger partial charge in [-0.25, -0.2) is 4.68 Å². The van der Waals surface area contributed by atoms with Crippen LogP contribution in [-0.4, -0.2) is 9.78 Å². The number of halogens is 1. The topological polar surface area (TPSA) is 34.9 Å². The molecule has 1 aromatic carbocycles. The Balaban J connectivity index is 2.15. The smallest absolute Gasteiger partial charge is 0.266 e. The molecule has 0 aliphatic carbocycles. The van der Waals surface area contributed by atoms with Gasteiger partial charge in [0.15, 0.2) is 0 Å². The summed E-state index contributed by atoms with van der Waals surface area (Å²) in [4.78, 5) is 12.5. The van der Waals surface area contributed by atoms with Crippen molar-refractivity contribution >= 4 is 27.7 Å². The summed E-state index contributed by atoms with van der Waals surface area (Å²) in [6.45, 7) is 0. The summed E-state index contributed by atoms with van der Waals surface area (Å²) in [5.74, 6) is 0.828. The lowest BCUT2D eigenvalue weighted by atomic mass is 10.2. The van der Waals surface area contributed by atoms with Gasteiger partial charge < -0.3 is 0 Å². The average Bonchev–Trinajstić information content (AvgIpc) is 2.36. The van der Waals surface area contributed by atoms with Crippen molar-refractivity contribution in [3.8, 4) is 0 Å². The zero-order valence-corrected chi connectivity index (χ0v) is 11.7. The van der Waals surface area contributed by atoms with Crippen LogP contribution in [0.3, 0.4) is 0 Å². The average molecular weight is 311 g/mol. The molecule has 0 amide bonds. The Bertz CT molecular complexity index is 568. The third kappa shape index (κ3) is 2.98. The fourth-order valence-corrected chi connectivity index (χ4v) is 2.88. The Labute approximate surface area is 112 Å². The highest BCUT2D eigenvalue weighted by molar-refractivity contribution is 9.10. The Morgan fingerprint density at radius 1 is 1.35 bits per heavy atom. The summed E-state index contributed by atoms with van der Waals surface area (Å²) in [6.07, 6.45) is 1.71. The van der Waals surface area contributed by atoms with E-state index in [4.69, 9.17) is 0 Å². The molecule has 5 heteroatoms. The molecule has 0 aliphatic rings. The maximum atomic E-state index is 11.6. The highest BCUT2D eigenvalue weighted by Crippen LogP contribution is 2.26. The van der Waals surface area contributed by atoms with Crippen LogP contribution in [0, 0.1) is 0 Å². The molecule has 0 spiro atoms. The second kappa shape index (κ2) is 5.51. The van der Waals surface area contributed by atoms with Gasteiger partial charge in [0.1, 0.15) is 0 Å². The standard InChI is InChI=1S/C12H11BrN2OS/c1-15-12(16)11(13)10(7-14-15)17-8-9-5-3-2-4-6-9/h2-7H,8H2,1H3. The van der Waals surface area contributed by atoms with Crippen LogP contribution in [0.5, 0.6) is 0 Å². The van der Waals surface area contributed by atoms with Gasteiger partial charge in [0.25, 0.3) is 5.56 Å². The molecular weight excluding hydrogens is 300 g/mol. The van der Waals surface area contributed by atoms with Crippen molar-refractivity contribution in [3.63, 3.8) is 0 Å². The fraction of sp³-hybridized carbons (Fsp3) is 0.167. The lowest BCUT2D eigenvalue weighted by Crippen LogP contribution is -2.20. The van der Waals surface area contributed by atoms with E-state index in [1.165, 1.54) is 10.2 Å². The maximum absolute atomic E-state index is 11.6. The van der Waals surface area contributed by atoms with Crippen LogP contribution < -0.4 is 5.56 Å². The van der Waals surface area contributed by atoms with E-state index < -0.39 is 0 Å². The van der Waals surface area contributed by atoms with Crippen LogP contribution >= 0.6 is 27.7 Å². The van der Waals surface area contributed by atoms with Gasteiger partial charge in [-0.05, 0) is 21.5 Å². The monoisotopic (exact) mass is 310 g/mol. The molecule has 0 saturated heterocycles. The van der Waals surface area contributed by atoms with E-state index in [0.717, 1.165) is 10.6 Å². The van der Waals surface area contributed by atoms with Gasteiger partial charge in [-0.2, -0.15) is 5.10 Å². The van der Waals surface area contributed by atoms with E-state index in [1.807, 2.05) is 18.2 Å². The van der Waals surface area contributed by atoms with Crippen molar-refractivity contribution in [1.29, 1.82) is 0 Å². The molecule has 0 unspecified atom stereocenters. The molecule has 0 fully saturated rings. The summed E-state index contributed by atoms with van der Waals surface area (Å²) in [5.41, 5.74) is 1.12. The summed E-state index contributed by atoms with van der Waals surface area (Å²) in [6, 6.07) is 10.1. The molecule has 17 heavy (non-hydrogen) atoms. The first-order valence-electron chi connectivity index (χ1n) is 5.07. The van der Waals surface area contributed by atoms with Crippen LogP contribution in [0.4, 0.5) is 0 Å². The number of aromatic nitrogens is 2. The molecule has 0 aliphatic heterocycles. The molecule has 2 rings (SSSR count). The lowest BCUT2D eigenvalue weighted by molar-refractivity contribution is 0.690. The van der Waals surface area contributed by atoms with Gasteiger partial charge in [-0.15, -0.1) is 11.8 Å². The van der Waals surface area contributed by atoms with Crippen LogP contribution in [0.15, 0.2) is 50.7 Å². The first-order chi connectivity index (χ1) is 8.18. The number of nitrogens with zero attached hydrogens (tertiary/aromatic N) is 2. The zero-order chi connectivity index (χ0) is 12.3. The first kappa shape index (κ1) is 12.4. The molecule has 0 bridgehead atoms. The Morgan fingerprint density at radius 3 is 2.76 bits per heavy atom. The summed E-state index contributed by atoms with van der Waals surface area (Å²) in [5, 5.41) is 4.01. The molecule has 1 heterocycles. The summed E-state index contributed by atoms with van der Waals surface area (Å²) >= 11 is 4.91. The summed E-state index contributed by atoms with van der Waals surface area (Å²) in [7, 11) is 1.64. The zero-order valence-electron chi connectivity index (χ0n) is 9.26. The van der Waals surface area contributed by atoms with Gasteiger partial charge in [-0.1, -0.05) is 30.3 Å². The van der Waals surface area contributed by atoms with Crippen molar-refractivity contribution < 1.29 is 0 Å². The van der Waals surface area contributed by atoms with E-state index in [1.54, 1.807) is 25.0 Å². The third-order valence-electron chi connectivity index (χ3n) is 2.28. The van der Waals surface area contributed by atoms with Gasteiger partial charge in [-0.3, -0.25) is 4.79 Å². The minimum Gasteiger partial charge on any atom is -0.266 e. The van der Waals surface area contributed by atoms with E-state index in [0.29, 0.717) is 4.47 Å². The molecule has 0 atom stereocenters. The first-order valence-corrected chi connectivity index (χ1v) is 6.85. The van der Waals surface area contributed by atoms with Crippen LogP contribution in [0.25, 0.3) is 0 Å². The number of aryl methyl sites for hydroxylation is 1. The highest BCUT2D eigenvalue weighted by atomic mass is 79.9. The number of rotatable bonds is 3. The molecule has 3 nitrogen and oxygen atoms in total. The second-order valence-corrected chi connectivity index (χ2v) is 5.34. The van der Waals surface area contributed by atoms with Crippen molar-refractivity contribution in [2.75, 3.05) is 0 Å². The van der Waals surface area contributed by atoms with E-state index in [2.05, 4.69) is 33.2 Å². The van der Waals surface area contributed by atoms with Crippen LogP contribution in [0.1, 0.15) is 5.56 Å². The normalized spacial score (nSPS) is 10.5.